The molecule has 2 atom stereocenters. The lowest BCUT2D eigenvalue weighted by atomic mass is 9.91. The van der Waals surface area contributed by atoms with Gasteiger partial charge in [-0.1, -0.05) is 37.0 Å². The van der Waals surface area contributed by atoms with Crippen LogP contribution in [0.5, 0.6) is 0 Å². The van der Waals surface area contributed by atoms with Crippen LogP contribution in [0.4, 0.5) is 0 Å². The van der Waals surface area contributed by atoms with Gasteiger partial charge >= 0.3 is 0 Å². The van der Waals surface area contributed by atoms with Crippen LogP contribution in [-0.4, -0.2) is 12.6 Å². The Balaban J connectivity index is 2.10. The van der Waals surface area contributed by atoms with E-state index in [1.165, 1.54) is 19.3 Å². The van der Waals surface area contributed by atoms with Gasteiger partial charge in [-0.3, -0.25) is 0 Å². The fourth-order valence-corrected chi connectivity index (χ4v) is 3.36. The van der Waals surface area contributed by atoms with E-state index in [-0.39, 0.29) is 6.04 Å². The predicted octanol–water partition coefficient (Wildman–Crippen LogP) is 4.16. The first-order chi connectivity index (χ1) is 8.91. The number of nitrogens with two attached hydrogens (primary N) is 1. The van der Waals surface area contributed by atoms with Crippen LogP contribution < -0.4 is 11.1 Å². The van der Waals surface area contributed by atoms with Crippen LogP contribution in [0.15, 0.2) is 18.2 Å². The molecular weight excluding hydrogens is 279 g/mol. The van der Waals surface area contributed by atoms with E-state index in [4.69, 9.17) is 28.9 Å². The number of halogens is 2. The first-order valence-corrected chi connectivity index (χ1v) is 7.58. The summed E-state index contributed by atoms with van der Waals surface area (Å²) in [5.41, 5.74) is 7.33. The second-order valence-electron chi connectivity index (χ2n) is 6.22. The summed E-state index contributed by atoms with van der Waals surface area (Å²) in [6.45, 7) is 5.16. The zero-order chi connectivity index (χ0) is 14.0. The van der Waals surface area contributed by atoms with Crippen molar-refractivity contribution >= 4 is 23.2 Å². The molecule has 3 N–H and O–H groups in total. The Morgan fingerprint density at radius 3 is 2.74 bits per heavy atom. The van der Waals surface area contributed by atoms with Crippen molar-refractivity contribution in [3.8, 4) is 0 Å². The van der Waals surface area contributed by atoms with Crippen molar-refractivity contribution in [2.75, 3.05) is 6.54 Å². The number of hydrogen-bond donors (Lipinski definition) is 2. The van der Waals surface area contributed by atoms with E-state index in [2.05, 4.69) is 19.2 Å². The molecule has 1 fully saturated rings. The van der Waals surface area contributed by atoms with Gasteiger partial charge < -0.3 is 11.1 Å². The lowest BCUT2D eigenvalue weighted by Gasteiger charge is -2.24. The fourth-order valence-electron chi connectivity index (χ4n) is 2.93. The van der Waals surface area contributed by atoms with Crippen molar-refractivity contribution in [1.29, 1.82) is 0 Å². The zero-order valence-corrected chi connectivity index (χ0v) is 13.1. The van der Waals surface area contributed by atoms with Gasteiger partial charge in [0.05, 0.1) is 0 Å². The number of nitrogens with one attached hydrogen (secondary N) is 1. The molecule has 0 aliphatic heterocycles. The topological polar surface area (TPSA) is 38.0 Å². The predicted molar refractivity (Wildman–Crippen MR) is 82.8 cm³/mol. The molecule has 0 aromatic heterocycles. The van der Waals surface area contributed by atoms with Gasteiger partial charge in [0.25, 0.3) is 0 Å². The summed E-state index contributed by atoms with van der Waals surface area (Å²) in [4.78, 5) is 0. The van der Waals surface area contributed by atoms with Gasteiger partial charge in [0.2, 0.25) is 0 Å². The van der Waals surface area contributed by atoms with Crippen LogP contribution >= 0.6 is 23.2 Å². The normalized spacial score (nSPS) is 23.5. The van der Waals surface area contributed by atoms with Crippen molar-refractivity contribution < 1.29 is 0 Å². The maximum absolute atomic E-state index is 6.26. The highest BCUT2D eigenvalue weighted by Gasteiger charge is 2.32. The minimum absolute atomic E-state index is 0.0742. The molecule has 1 aromatic carbocycles. The van der Waals surface area contributed by atoms with Gasteiger partial charge in [0.1, 0.15) is 0 Å². The van der Waals surface area contributed by atoms with Crippen LogP contribution in [0.2, 0.25) is 10.0 Å². The third-order valence-corrected chi connectivity index (χ3v) is 4.55. The molecule has 0 radical (unpaired) electrons. The summed E-state index contributed by atoms with van der Waals surface area (Å²) in [5, 5.41) is 5.06. The molecule has 2 unspecified atom stereocenters. The molecule has 1 aromatic rings. The van der Waals surface area contributed by atoms with Crippen molar-refractivity contribution in [2.45, 2.75) is 45.2 Å². The molecule has 0 heterocycles. The highest BCUT2D eigenvalue weighted by atomic mass is 35.5. The quantitative estimate of drug-likeness (QED) is 0.876. The molecular formula is C15H22Cl2N2. The summed E-state index contributed by atoms with van der Waals surface area (Å²) < 4.78 is 0. The molecule has 1 saturated carbocycles. The van der Waals surface area contributed by atoms with E-state index in [0.29, 0.717) is 23.0 Å². The SMILES string of the molecule is CC1(C)CCC(NC(CN)c2cc(Cl)ccc2Cl)C1. The van der Waals surface area contributed by atoms with E-state index in [1.54, 1.807) is 6.07 Å². The summed E-state index contributed by atoms with van der Waals surface area (Å²) >= 11 is 12.3. The average molecular weight is 301 g/mol. The summed E-state index contributed by atoms with van der Waals surface area (Å²) in [6.07, 6.45) is 3.63. The lowest BCUT2D eigenvalue weighted by molar-refractivity contribution is 0.353. The Bertz CT molecular complexity index is 446. The molecule has 0 amide bonds. The van der Waals surface area contributed by atoms with Crippen LogP contribution in [0.3, 0.4) is 0 Å². The second-order valence-corrected chi connectivity index (χ2v) is 7.07. The first-order valence-electron chi connectivity index (χ1n) is 6.82. The molecule has 0 bridgehead atoms. The molecule has 1 aliphatic rings. The Hall–Kier alpha value is -0.280. The van der Waals surface area contributed by atoms with Crippen LogP contribution in [0.1, 0.15) is 44.7 Å². The zero-order valence-electron chi connectivity index (χ0n) is 11.5. The second kappa shape index (κ2) is 6.01. The van der Waals surface area contributed by atoms with Crippen molar-refractivity contribution in [3.63, 3.8) is 0 Å². The number of benzene rings is 1. The third-order valence-electron chi connectivity index (χ3n) is 3.97. The van der Waals surface area contributed by atoms with E-state index in [1.807, 2.05) is 12.1 Å². The van der Waals surface area contributed by atoms with Gasteiger partial charge in [-0.05, 0) is 48.4 Å². The molecule has 2 nitrogen and oxygen atoms in total. The van der Waals surface area contributed by atoms with Gasteiger partial charge in [-0.2, -0.15) is 0 Å². The molecule has 19 heavy (non-hydrogen) atoms. The Kier molecular flexibility index (Phi) is 4.78. The summed E-state index contributed by atoms with van der Waals surface area (Å²) in [7, 11) is 0. The maximum atomic E-state index is 6.26. The number of rotatable bonds is 4. The van der Waals surface area contributed by atoms with Crippen LogP contribution in [0.25, 0.3) is 0 Å². The summed E-state index contributed by atoms with van der Waals surface area (Å²) in [5.74, 6) is 0. The van der Waals surface area contributed by atoms with Crippen LogP contribution in [-0.2, 0) is 0 Å². The monoisotopic (exact) mass is 300 g/mol. The average Bonchev–Trinajstić information content (AvgIpc) is 2.69. The Morgan fingerprint density at radius 1 is 1.42 bits per heavy atom. The Labute approximate surface area is 125 Å². The van der Waals surface area contributed by atoms with E-state index < -0.39 is 0 Å². The molecule has 106 valence electrons. The first kappa shape index (κ1) is 15.1. The third kappa shape index (κ3) is 3.85. The standard InChI is InChI=1S/C15H22Cl2N2/c1-15(2)6-5-11(8-15)19-14(9-18)12-7-10(16)3-4-13(12)17/h3-4,7,11,14,19H,5-6,8-9,18H2,1-2H3. The molecule has 0 saturated heterocycles. The maximum Gasteiger partial charge on any atom is 0.0462 e. The lowest BCUT2D eigenvalue weighted by Crippen LogP contribution is -2.36. The van der Waals surface area contributed by atoms with Crippen molar-refractivity contribution in [2.24, 2.45) is 11.1 Å². The minimum atomic E-state index is 0.0742. The van der Waals surface area contributed by atoms with Gasteiger partial charge in [0.15, 0.2) is 0 Å². The van der Waals surface area contributed by atoms with E-state index >= 15 is 0 Å². The molecule has 0 spiro atoms. The highest BCUT2D eigenvalue weighted by molar-refractivity contribution is 6.33. The minimum Gasteiger partial charge on any atom is -0.329 e. The highest BCUT2D eigenvalue weighted by Crippen LogP contribution is 2.38. The fraction of sp³-hybridized carbons (Fsp3) is 0.600. The smallest absolute Gasteiger partial charge is 0.0462 e. The Morgan fingerprint density at radius 2 is 2.16 bits per heavy atom. The van der Waals surface area contributed by atoms with Gasteiger partial charge in [-0.25, -0.2) is 0 Å². The summed E-state index contributed by atoms with van der Waals surface area (Å²) in [6, 6.07) is 6.14. The van der Waals surface area contributed by atoms with E-state index in [0.717, 1.165) is 10.6 Å². The van der Waals surface area contributed by atoms with Crippen LogP contribution in [0, 0.1) is 5.41 Å². The number of hydrogen-bond acceptors (Lipinski definition) is 2. The molecule has 4 heteroatoms. The largest absolute Gasteiger partial charge is 0.329 e. The van der Waals surface area contributed by atoms with Crippen molar-refractivity contribution in [3.05, 3.63) is 33.8 Å². The van der Waals surface area contributed by atoms with Gasteiger partial charge in [0, 0.05) is 28.7 Å². The van der Waals surface area contributed by atoms with Crippen molar-refractivity contribution in [1.82, 2.24) is 5.32 Å². The molecule has 1 aliphatic carbocycles. The van der Waals surface area contributed by atoms with Gasteiger partial charge in [-0.15, -0.1) is 0 Å². The molecule has 2 rings (SSSR count). The van der Waals surface area contributed by atoms with E-state index in [9.17, 15) is 0 Å².